The summed E-state index contributed by atoms with van der Waals surface area (Å²) in [7, 11) is 0. The summed E-state index contributed by atoms with van der Waals surface area (Å²) in [5, 5.41) is 3.38. The van der Waals surface area contributed by atoms with E-state index in [1.807, 2.05) is 12.1 Å². The van der Waals surface area contributed by atoms with Crippen molar-refractivity contribution in [2.75, 3.05) is 11.9 Å². The predicted molar refractivity (Wildman–Crippen MR) is 78.2 cm³/mol. The topological polar surface area (TPSA) is 50.7 Å². The van der Waals surface area contributed by atoms with E-state index in [-0.39, 0.29) is 0 Å². The van der Waals surface area contributed by atoms with E-state index in [4.69, 9.17) is 0 Å². The second-order valence-electron chi connectivity index (χ2n) is 4.48. The predicted octanol–water partition coefficient (Wildman–Crippen LogP) is 3.23. The molecule has 2 aromatic rings. The zero-order chi connectivity index (χ0) is 13.7. The van der Waals surface area contributed by atoms with Crippen LogP contribution in [0.2, 0.25) is 0 Å². The lowest BCUT2D eigenvalue weighted by Gasteiger charge is -2.13. The van der Waals surface area contributed by atoms with E-state index in [0.717, 1.165) is 47.8 Å². The first-order valence-electron chi connectivity index (χ1n) is 6.78. The van der Waals surface area contributed by atoms with Crippen LogP contribution in [-0.2, 0) is 6.42 Å². The molecule has 2 rings (SSSR count). The second kappa shape index (κ2) is 6.27. The average Bonchev–Trinajstić information content (AvgIpc) is 2.47. The smallest absolute Gasteiger partial charge is 0.133 e. The van der Waals surface area contributed by atoms with Gasteiger partial charge in [0.25, 0.3) is 0 Å². The summed E-state index contributed by atoms with van der Waals surface area (Å²) in [4.78, 5) is 13.3. The van der Waals surface area contributed by atoms with E-state index in [9.17, 15) is 0 Å². The molecule has 19 heavy (non-hydrogen) atoms. The summed E-state index contributed by atoms with van der Waals surface area (Å²) in [5.41, 5.74) is 3.17. The zero-order valence-corrected chi connectivity index (χ0v) is 11.8. The van der Waals surface area contributed by atoms with Crippen LogP contribution in [0.4, 0.5) is 5.82 Å². The molecule has 2 aromatic heterocycles. The molecule has 0 aromatic carbocycles. The maximum absolute atomic E-state index is 4.65. The molecule has 2 heterocycles. The Hall–Kier alpha value is -1.97. The van der Waals surface area contributed by atoms with E-state index in [1.165, 1.54) is 0 Å². The van der Waals surface area contributed by atoms with Gasteiger partial charge in [-0.3, -0.25) is 4.98 Å². The molecule has 0 aliphatic heterocycles. The maximum atomic E-state index is 4.65. The molecule has 0 saturated heterocycles. The molecule has 0 fully saturated rings. The van der Waals surface area contributed by atoms with Crippen molar-refractivity contribution < 1.29 is 0 Å². The lowest BCUT2D eigenvalue weighted by atomic mass is 10.1. The number of hydrogen-bond donors (Lipinski definition) is 1. The van der Waals surface area contributed by atoms with Crippen molar-refractivity contribution >= 4 is 5.82 Å². The van der Waals surface area contributed by atoms with Crippen molar-refractivity contribution in [3.05, 3.63) is 35.9 Å². The van der Waals surface area contributed by atoms with E-state index in [1.54, 1.807) is 12.4 Å². The van der Waals surface area contributed by atoms with Crippen LogP contribution in [0.5, 0.6) is 0 Å². The molecule has 0 bridgehead atoms. The van der Waals surface area contributed by atoms with Gasteiger partial charge in [-0.2, -0.15) is 0 Å². The maximum Gasteiger partial charge on any atom is 0.133 e. The molecule has 4 nitrogen and oxygen atoms in total. The highest BCUT2D eigenvalue weighted by Gasteiger charge is 2.11. The van der Waals surface area contributed by atoms with E-state index in [0.29, 0.717) is 0 Å². The number of aryl methyl sites for hydroxylation is 1. The molecule has 1 N–H and O–H groups in total. The van der Waals surface area contributed by atoms with Crippen molar-refractivity contribution in [2.45, 2.75) is 33.6 Å². The lowest BCUT2D eigenvalue weighted by molar-refractivity contribution is 0.910. The highest BCUT2D eigenvalue weighted by molar-refractivity contribution is 5.67. The summed E-state index contributed by atoms with van der Waals surface area (Å²) in [6.07, 6.45) is 5.50. The molecule has 100 valence electrons. The van der Waals surface area contributed by atoms with Crippen LogP contribution in [0.1, 0.15) is 31.7 Å². The van der Waals surface area contributed by atoms with Crippen LogP contribution in [0.25, 0.3) is 11.3 Å². The fourth-order valence-electron chi connectivity index (χ4n) is 1.93. The van der Waals surface area contributed by atoms with Crippen molar-refractivity contribution in [3.8, 4) is 11.3 Å². The first kappa shape index (κ1) is 13.5. The average molecular weight is 256 g/mol. The van der Waals surface area contributed by atoms with Crippen LogP contribution in [-0.4, -0.2) is 21.5 Å². The van der Waals surface area contributed by atoms with Gasteiger partial charge in [0.1, 0.15) is 11.6 Å². The Balaban J connectivity index is 2.47. The third-order valence-corrected chi connectivity index (χ3v) is 3.00. The van der Waals surface area contributed by atoms with Gasteiger partial charge in [0.05, 0.1) is 5.69 Å². The van der Waals surface area contributed by atoms with Gasteiger partial charge in [-0.05, 0) is 25.5 Å². The monoisotopic (exact) mass is 256 g/mol. The highest BCUT2D eigenvalue weighted by Crippen LogP contribution is 2.25. The van der Waals surface area contributed by atoms with Crippen LogP contribution < -0.4 is 5.32 Å². The van der Waals surface area contributed by atoms with Gasteiger partial charge in [-0.1, -0.05) is 13.8 Å². The molecule has 0 spiro atoms. The van der Waals surface area contributed by atoms with Gasteiger partial charge < -0.3 is 5.32 Å². The van der Waals surface area contributed by atoms with Gasteiger partial charge in [0.15, 0.2) is 0 Å². The van der Waals surface area contributed by atoms with Crippen LogP contribution in [0.3, 0.4) is 0 Å². The zero-order valence-electron chi connectivity index (χ0n) is 11.8. The molecule has 0 aliphatic rings. The number of hydrogen-bond acceptors (Lipinski definition) is 4. The normalized spacial score (nSPS) is 10.5. The molecule has 0 atom stereocenters. The number of nitrogens with one attached hydrogen (secondary N) is 1. The molecular formula is C15H20N4. The third kappa shape index (κ3) is 3.08. The fourth-order valence-corrected chi connectivity index (χ4v) is 1.93. The molecule has 0 amide bonds. The first-order chi connectivity index (χ1) is 9.26. The first-order valence-corrected chi connectivity index (χ1v) is 6.78. The van der Waals surface area contributed by atoms with E-state index in [2.05, 4.69) is 41.0 Å². The van der Waals surface area contributed by atoms with Gasteiger partial charge in [-0.25, -0.2) is 9.97 Å². The SMILES string of the molecule is CCCNc1nc(CC)nc(-c2ccncc2)c1C. The minimum absolute atomic E-state index is 0.833. The molecular weight excluding hydrogens is 236 g/mol. The Morgan fingerprint density at radius 2 is 1.84 bits per heavy atom. The number of aromatic nitrogens is 3. The molecule has 0 unspecified atom stereocenters. The Bertz CT molecular complexity index is 537. The Kier molecular flexibility index (Phi) is 4.44. The summed E-state index contributed by atoms with van der Waals surface area (Å²) in [5.74, 6) is 1.82. The van der Waals surface area contributed by atoms with Crippen molar-refractivity contribution in [1.29, 1.82) is 0 Å². The summed E-state index contributed by atoms with van der Waals surface area (Å²) in [6.45, 7) is 7.21. The highest BCUT2D eigenvalue weighted by atomic mass is 15.0. The van der Waals surface area contributed by atoms with Gasteiger partial charge >= 0.3 is 0 Å². The Morgan fingerprint density at radius 3 is 2.47 bits per heavy atom. The molecule has 0 aliphatic carbocycles. The molecule has 0 radical (unpaired) electrons. The van der Waals surface area contributed by atoms with Gasteiger partial charge in [-0.15, -0.1) is 0 Å². The Labute approximate surface area is 114 Å². The lowest BCUT2D eigenvalue weighted by Crippen LogP contribution is -2.08. The van der Waals surface area contributed by atoms with E-state index < -0.39 is 0 Å². The molecule has 0 saturated carbocycles. The quantitative estimate of drug-likeness (QED) is 0.892. The van der Waals surface area contributed by atoms with Gasteiger partial charge in [0, 0.05) is 36.5 Å². The summed E-state index contributed by atoms with van der Waals surface area (Å²) in [6, 6.07) is 3.97. The van der Waals surface area contributed by atoms with Crippen LogP contribution in [0.15, 0.2) is 24.5 Å². The summed E-state index contributed by atoms with van der Waals surface area (Å²) < 4.78 is 0. The number of rotatable bonds is 5. The van der Waals surface area contributed by atoms with Gasteiger partial charge in [0.2, 0.25) is 0 Å². The third-order valence-electron chi connectivity index (χ3n) is 3.00. The van der Waals surface area contributed by atoms with Crippen molar-refractivity contribution in [3.63, 3.8) is 0 Å². The van der Waals surface area contributed by atoms with Crippen molar-refractivity contribution in [2.24, 2.45) is 0 Å². The fraction of sp³-hybridized carbons (Fsp3) is 0.400. The minimum Gasteiger partial charge on any atom is -0.370 e. The minimum atomic E-state index is 0.833. The summed E-state index contributed by atoms with van der Waals surface area (Å²) >= 11 is 0. The largest absolute Gasteiger partial charge is 0.370 e. The number of nitrogens with zero attached hydrogens (tertiary/aromatic N) is 3. The second-order valence-corrected chi connectivity index (χ2v) is 4.48. The van der Waals surface area contributed by atoms with Crippen LogP contribution >= 0.6 is 0 Å². The number of anilines is 1. The van der Waals surface area contributed by atoms with E-state index >= 15 is 0 Å². The van der Waals surface area contributed by atoms with Crippen molar-refractivity contribution in [1.82, 2.24) is 15.0 Å². The van der Waals surface area contributed by atoms with Crippen LogP contribution in [0, 0.1) is 6.92 Å². The number of pyridine rings is 1. The standard InChI is InChI=1S/C15H20N4/c1-4-8-17-15-11(3)14(18-13(5-2)19-15)12-6-9-16-10-7-12/h6-7,9-10H,4-5,8H2,1-3H3,(H,17,18,19). The molecule has 4 heteroatoms. The Morgan fingerprint density at radius 1 is 1.11 bits per heavy atom.